The van der Waals surface area contributed by atoms with Crippen LogP contribution in [0.5, 0.6) is 0 Å². The quantitative estimate of drug-likeness (QED) is 0.214. The van der Waals surface area contributed by atoms with E-state index in [1.165, 1.54) is 42.5 Å². The fourth-order valence-electron chi connectivity index (χ4n) is 3.16. The summed E-state index contributed by atoms with van der Waals surface area (Å²) < 4.78 is 84.4. The van der Waals surface area contributed by atoms with Gasteiger partial charge in [0.05, 0.1) is 21.7 Å². The predicted octanol–water partition coefficient (Wildman–Crippen LogP) is 7.39. The Labute approximate surface area is 192 Å². The fourth-order valence-corrected chi connectivity index (χ4v) is 4.44. The molecule has 0 saturated carbocycles. The number of nitrogens with zero attached hydrogens (tertiary/aromatic N) is 1. The first kappa shape index (κ1) is 23.1. The summed E-state index contributed by atoms with van der Waals surface area (Å²) in [6.07, 6.45) is -7.90. The summed E-state index contributed by atoms with van der Waals surface area (Å²) in [5, 5.41) is 0. The number of halogens is 6. The molecule has 0 bridgehead atoms. The van der Waals surface area contributed by atoms with Gasteiger partial charge in [-0.15, -0.1) is 0 Å². The van der Waals surface area contributed by atoms with E-state index in [9.17, 15) is 31.1 Å². The van der Waals surface area contributed by atoms with Gasteiger partial charge >= 0.3 is 12.4 Å². The maximum Gasteiger partial charge on any atom is 0.417 e. The molecule has 1 fully saturated rings. The molecule has 1 aromatic heterocycles. The molecule has 0 radical (unpaired) electrons. The number of alkyl halides is 6. The zero-order valence-electron chi connectivity index (χ0n) is 16.2. The third-order valence-electron chi connectivity index (χ3n) is 4.62. The van der Waals surface area contributed by atoms with Crippen molar-refractivity contribution in [2.45, 2.75) is 12.4 Å². The van der Waals surface area contributed by atoms with Crippen molar-refractivity contribution in [3.05, 3.63) is 82.5 Å². The van der Waals surface area contributed by atoms with E-state index < -0.39 is 29.4 Å². The van der Waals surface area contributed by atoms with Crippen LogP contribution in [0.25, 0.3) is 17.4 Å². The van der Waals surface area contributed by atoms with E-state index in [2.05, 4.69) is 0 Å². The molecule has 1 amide bonds. The summed E-state index contributed by atoms with van der Waals surface area (Å²) in [6.45, 7) is 0. The van der Waals surface area contributed by atoms with Crippen LogP contribution in [0.15, 0.2) is 70.0 Å². The van der Waals surface area contributed by atoms with E-state index in [-0.39, 0.29) is 32.0 Å². The smallest absolute Gasteiger partial charge is 0.417 e. The molecular formula is C22H11F6NO2S2. The van der Waals surface area contributed by atoms with Crippen molar-refractivity contribution in [1.82, 2.24) is 0 Å². The van der Waals surface area contributed by atoms with Gasteiger partial charge in [0.15, 0.2) is 4.32 Å². The minimum atomic E-state index is -4.59. The Morgan fingerprint density at radius 2 is 1.64 bits per heavy atom. The van der Waals surface area contributed by atoms with Crippen molar-refractivity contribution in [3.63, 3.8) is 0 Å². The van der Waals surface area contributed by atoms with Gasteiger partial charge in [-0.05, 0) is 36.4 Å². The molecule has 3 nitrogen and oxygen atoms in total. The van der Waals surface area contributed by atoms with E-state index in [1.54, 1.807) is 0 Å². The number of rotatable bonds is 3. The van der Waals surface area contributed by atoms with Gasteiger partial charge in [-0.2, -0.15) is 26.3 Å². The highest BCUT2D eigenvalue weighted by Gasteiger charge is 2.37. The Bertz CT molecular complexity index is 1280. The first-order valence-electron chi connectivity index (χ1n) is 9.17. The average molecular weight is 499 g/mol. The Kier molecular flexibility index (Phi) is 5.87. The second kappa shape index (κ2) is 8.38. The monoisotopic (exact) mass is 499 g/mol. The Morgan fingerprint density at radius 1 is 0.909 bits per heavy atom. The van der Waals surface area contributed by atoms with Crippen LogP contribution in [0.1, 0.15) is 16.9 Å². The summed E-state index contributed by atoms with van der Waals surface area (Å²) in [7, 11) is 0. The van der Waals surface area contributed by atoms with Gasteiger partial charge < -0.3 is 4.42 Å². The van der Waals surface area contributed by atoms with Crippen molar-refractivity contribution >= 4 is 46.0 Å². The lowest BCUT2D eigenvalue weighted by Crippen LogP contribution is -2.27. The average Bonchev–Trinajstić information content (AvgIpc) is 3.31. The molecule has 2 aromatic carbocycles. The first-order chi connectivity index (χ1) is 15.4. The number of hydrogen-bond donors (Lipinski definition) is 0. The topological polar surface area (TPSA) is 33.5 Å². The summed E-state index contributed by atoms with van der Waals surface area (Å²) in [5.74, 6) is -0.632. The molecule has 4 rings (SSSR count). The van der Waals surface area contributed by atoms with Gasteiger partial charge in [0.25, 0.3) is 5.91 Å². The van der Waals surface area contributed by atoms with E-state index >= 15 is 0 Å². The molecule has 33 heavy (non-hydrogen) atoms. The van der Waals surface area contributed by atoms with Gasteiger partial charge in [-0.1, -0.05) is 48.2 Å². The summed E-state index contributed by atoms with van der Waals surface area (Å²) in [6, 6.07) is 11.8. The third-order valence-corrected chi connectivity index (χ3v) is 5.93. The maximum atomic E-state index is 13.3. The van der Waals surface area contributed by atoms with Crippen LogP contribution in [0, 0.1) is 0 Å². The first-order valence-corrected chi connectivity index (χ1v) is 10.4. The molecule has 2 heterocycles. The van der Waals surface area contributed by atoms with Crippen LogP contribution in [-0.2, 0) is 17.1 Å². The second-order valence-electron chi connectivity index (χ2n) is 6.81. The van der Waals surface area contributed by atoms with E-state index in [0.29, 0.717) is 0 Å². The lowest BCUT2D eigenvalue weighted by atomic mass is 10.1. The number of hydrogen-bond acceptors (Lipinski definition) is 4. The molecule has 0 aliphatic carbocycles. The number of thioether (sulfide) groups is 1. The van der Waals surface area contributed by atoms with E-state index in [1.807, 2.05) is 0 Å². The minimum absolute atomic E-state index is 0.0137. The van der Waals surface area contributed by atoms with Gasteiger partial charge in [0.2, 0.25) is 0 Å². The molecule has 1 aliphatic rings. The summed E-state index contributed by atoms with van der Waals surface area (Å²) in [5.41, 5.74) is -2.02. The second-order valence-corrected chi connectivity index (χ2v) is 8.49. The van der Waals surface area contributed by atoms with Crippen molar-refractivity contribution in [2.24, 2.45) is 0 Å². The third kappa shape index (κ3) is 4.69. The number of carbonyl (C=O) groups is 1. The van der Waals surface area contributed by atoms with Gasteiger partial charge in [0.1, 0.15) is 11.5 Å². The SMILES string of the molecule is O=C1/C(=C/c2ccc(-c3ccccc3C(F)(F)F)o2)SC(=S)N1c1cccc(C(F)(F)F)c1. The number of anilines is 1. The normalized spacial score (nSPS) is 16.2. The van der Waals surface area contributed by atoms with Gasteiger partial charge in [0, 0.05) is 11.6 Å². The molecule has 1 aliphatic heterocycles. The lowest BCUT2D eigenvalue weighted by Gasteiger charge is -2.16. The lowest BCUT2D eigenvalue weighted by molar-refractivity contribution is -0.138. The zero-order chi connectivity index (χ0) is 24.0. The van der Waals surface area contributed by atoms with Crippen LogP contribution < -0.4 is 4.90 Å². The molecule has 11 heteroatoms. The number of carbonyl (C=O) groups excluding carboxylic acids is 1. The number of benzene rings is 2. The van der Waals surface area contributed by atoms with Crippen LogP contribution in [0.3, 0.4) is 0 Å². The Balaban J connectivity index is 1.64. The highest BCUT2D eigenvalue weighted by atomic mass is 32.2. The van der Waals surface area contributed by atoms with E-state index in [0.717, 1.165) is 40.9 Å². The zero-order valence-corrected chi connectivity index (χ0v) is 17.8. The molecule has 0 spiro atoms. The maximum absolute atomic E-state index is 13.3. The van der Waals surface area contributed by atoms with Crippen LogP contribution in [0.4, 0.5) is 32.0 Å². The van der Waals surface area contributed by atoms with Crippen LogP contribution in [-0.4, -0.2) is 10.2 Å². The van der Waals surface area contributed by atoms with Crippen LogP contribution >= 0.6 is 24.0 Å². The van der Waals surface area contributed by atoms with E-state index in [4.69, 9.17) is 16.6 Å². The van der Waals surface area contributed by atoms with Crippen molar-refractivity contribution in [2.75, 3.05) is 4.90 Å². The largest absolute Gasteiger partial charge is 0.457 e. The number of thiocarbonyl (C=S) groups is 1. The number of furan rings is 1. The molecule has 1 saturated heterocycles. The highest BCUT2D eigenvalue weighted by Crippen LogP contribution is 2.40. The summed E-state index contributed by atoms with van der Waals surface area (Å²) in [4.78, 5) is 13.8. The molecular weight excluding hydrogens is 488 g/mol. The van der Waals surface area contributed by atoms with Crippen LogP contribution in [0.2, 0.25) is 0 Å². The fraction of sp³-hybridized carbons (Fsp3) is 0.0909. The van der Waals surface area contributed by atoms with Gasteiger partial charge in [-0.3, -0.25) is 9.69 Å². The summed E-state index contributed by atoms with van der Waals surface area (Å²) >= 11 is 6.00. The Morgan fingerprint density at radius 3 is 2.33 bits per heavy atom. The van der Waals surface area contributed by atoms with Gasteiger partial charge in [-0.25, -0.2) is 0 Å². The van der Waals surface area contributed by atoms with Crippen molar-refractivity contribution < 1.29 is 35.6 Å². The predicted molar refractivity (Wildman–Crippen MR) is 116 cm³/mol. The van der Waals surface area contributed by atoms with Crippen molar-refractivity contribution in [3.8, 4) is 11.3 Å². The minimum Gasteiger partial charge on any atom is -0.457 e. The molecule has 170 valence electrons. The Hall–Kier alpha value is -3.05. The standard InChI is InChI=1S/C22H11F6NO2S2/c23-21(24,25)12-4-3-5-13(10-12)29-19(30)18(33-20(29)32)11-14-8-9-17(31-14)15-6-1-2-7-16(15)22(26,27)28/h1-11H/b18-11-. The molecule has 0 unspecified atom stereocenters. The molecule has 0 N–H and O–H groups in total. The number of amides is 1. The van der Waals surface area contributed by atoms with Crippen molar-refractivity contribution in [1.29, 1.82) is 0 Å². The highest BCUT2D eigenvalue weighted by molar-refractivity contribution is 8.27. The molecule has 3 aromatic rings. The molecule has 0 atom stereocenters.